The van der Waals surface area contributed by atoms with Gasteiger partial charge >= 0.3 is 0 Å². The fourth-order valence-corrected chi connectivity index (χ4v) is 3.02. The van der Waals surface area contributed by atoms with Crippen molar-refractivity contribution in [2.75, 3.05) is 29.9 Å². The molecule has 0 unspecified atom stereocenters. The number of nitrogens with one attached hydrogen (secondary N) is 1. The van der Waals surface area contributed by atoms with E-state index in [0.29, 0.717) is 0 Å². The van der Waals surface area contributed by atoms with Crippen molar-refractivity contribution in [2.24, 2.45) is 11.8 Å². The van der Waals surface area contributed by atoms with Crippen LogP contribution in [0.3, 0.4) is 0 Å². The summed E-state index contributed by atoms with van der Waals surface area (Å²) in [4.78, 5) is 6.83. The summed E-state index contributed by atoms with van der Waals surface area (Å²) in [5.41, 5.74) is 1.15. The minimum Gasteiger partial charge on any atom is -0.384 e. The van der Waals surface area contributed by atoms with Gasteiger partial charge in [-0.15, -0.1) is 0 Å². The third kappa shape index (κ3) is 4.12. The summed E-state index contributed by atoms with van der Waals surface area (Å²) in [5.74, 6) is 2.85. The van der Waals surface area contributed by atoms with Crippen LogP contribution in [0.25, 0.3) is 0 Å². The van der Waals surface area contributed by atoms with Gasteiger partial charge in [-0.2, -0.15) is 0 Å². The molecular formula is C17H29N3. The van der Waals surface area contributed by atoms with Crippen molar-refractivity contribution in [3.8, 4) is 0 Å². The first-order valence-electron chi connectivity index (χ1n) is 8.17. The maximum atomic E-state index is 4.56. The van der Waals surface area contributed by atoms with Crippen LogP contribution in [0.1, 0.15) is 46.5 Å². The third-order valence-electron chi connectivity index (χ3n) is 4.57. The Kier molecular flexibility index (Phi) is 5.69. The molecule has 0 saturated heterocycles. The summed E-state index contributed by atoms with van der Waals surface area (Å²) in [6, 6.07) is 4.28. The molecule has 20 heavy (non-hydrogen) atoms. The Hall–Kier alpha value is -1.25. The maximum Gasteiger partial charge on any atom is 0.128 e. The summed E-state index contributed by atoms with van der Waals surface area (Å²) in [6.07, 6.45) is 7.51. The number of nitrogens with zero attached hydrogens (tertiary/aromatic N) is 2. The molecule has 1 saturated carbocycles. The molecule has 3 nitrogen and oxygen atoms in total. The summed E-state index contributed by atoms with van der Waals surface area (Å²) in [7, 11) is 0. The van der Waals surface area contributed by atoms with Crippen molar-refractivity contribution < 1.29 is 0 Å². The first-order valence-corrected chi connectivity index (χ1v) is 8.17. The Bertz CT molecular complexity index is 376. The standard InChI is InChI=1S/C17H29N3/c1-4-20(5-2)17-11-10-16(13-19-17)18-12-15-8-6-14(3)7-9-15/h10-11,13-15,18H,4-9,12H2,1-3H3. The molecule has 2 rings (SSSR count). The highest BCUT2D eigenvalue weighted by Gasteiger charge is 2.17. The fourth-order valence-electron chi connectivity index (χ4n) is 3.02. The Morgan fingerprint density at radius 3 is 2.40 bits per heavy atom. The number of hydrogen-bond donors (Lipinski definition) is 1. The van der Waals surface area contributed by atoms with Gasteiger partial charge in [0.05, 0.1) is 11.9 Å². The van der Waals surface area contributed by atoms with Crippen molar-refractivity contribution in [3.05, 3.63) is 18.3 Å². The molecule has 1 aliphatic rings. The van der Waals surface area contributed by atoms with Crippen molar-refractivity contribution >= 4 is 11.5 Å². The summed E-state index contributed by atoms with van der Waals surface area (Å²) in [6.45, 7) is 9.83. The zero-order chi connectivity index (χ0) is 14.4. The molecule has 0 atom stereocenters. The second-order valence-electron chi connectivity index (χ2n) is 6.08. The molecule has 0 spiro atoms. The van der Waals surface area contributed by atoms with Crippen LogP contribution in [0.4, 0.5) is 11.5 Å². The molecule has 1 heterocycles. The van der Waals surface area contributed by atoms with Gasteiger partial charge in [0.1, 0.15) is 5.82 Å². The van der Waals surface area contributed by atoms with Crippen LogP contribution in [-0.2, 0) is 0 Å². The lowest BCUT2D eigenvalue weighted by Crippen LogP contribution is -2.23. The van der Waals surface area contributed by atoms with E-state index in [4.69, 9.17) is 0 Å². The van der Waals surface area contributed by atoms with E-state index in [1.54, 1.807) is 0 Å². The molecule has 0 aromatic carbocycles. The van der Waals surface area contributed by atoms with E-state index >= 15 is 0 Å². The van der Waals surface area contributed by atoms with E-state index in [0.717, 1.165) is 43.0 Å². The zero-order valence-electron chi connectivity index (χ0n) is 13.2. The Morgan fingerprint density at radius 2 is 1.85 bits per heavy atom. The highest BCUT2D eigenvalue weighted by atomic mass is 15.2. The van der Waals surface area contributed by atoms with Crippen LogP contribution < -0.4 is 10.2 Å². The lowest BCUT2D eigenvalue weighted by molar-refractivity contribution is 0.300. The van der Waals surface area contributed by atoms with Gasteiger partial charge in [-0.1, -0.05) is 19.8 Å². The predicted octanol–water partition coefficient (Wildman–Crippen LogP) is 4.17. The van der Waals surface area contributed by atoms with Gasteiger partial charge in [0.2, 0.25) is 0 Å². The van der Waals surface area contributed by atoms with Gasteiger partial charge in [-0.25, -0.2) is 4.98 Å². The van der Waals surface area contributed by atoms with E-state index < -0.39 is 0 Å². The van der Waals surface area contributed by atoms with Gasteiger partial charge in [-0.3, -0.25) is 0 Å². The van der Waals surface area contributed by atoms with Gasteiger partial charge in [0, 0.05) is 19.6 Å². The fraction of sp³-hybridized carbons (Fsp3) is 0.706. The number of pyridine rings is 1. The normalized spacial score (nSPS) is 22.6. The molecule has 0 radical (unpaired) electrons. The van der Waals surface area contributed by atoms with Crippen LogP contribution in [-0.4, -0.2) is 24.6 Å². The zero-order valence-corrected chi connectivity index (χ0v) is 13.2. The van der Waals surface area contributed by atoms with E-state index in [-0.39, 0.29) is 0 Å². The molecule has 1 aromatic rings. The molecule has 1 aliphatic carbocycles. The van der Waals surface area contributed by atoms with Crippen LogP contribution in [0.5, 0.6) is 0 Å². The van der Waals surface area contributed by atoms with Crippen LogP contribution in [0.2, 0.25) is 0 Å². The van der Waals surface area contributed by atoms with E-state index in [9.17, 15) is 0 Å². The van der Waals surface area contributed by atoms with E-state index in [1.165, 1.54) is 25.7 Å². The highest BCUT2D eigenvalue weighted by Crippen LogP contribution is 2.28. The van der Waals surface area contributed by atoms with Crippen molar-refractivity contribution in [3.63, 3.8) is 0 Å². The topological polar surface area (TPSA) is 28.2 Å². The summed E-state index contributed by atoms with van der Waals surface area (Å²) < 4.78 is 0. The number of rotatable bonds is 6. The third-order valence-corrected chi connectivity index (χ3v) is 4.57. The smallest absolute Gasteiger partial charge is 0.128 e. The van der Waals surface area contributed by atoms with Crippen LogP contribution >= 0.6 is 0 Å². The molecule has 112 valence electrons. The van der Waals surface area contributed by atoms with Crippen LogP contribution in [0, 0.1) is 11.8 Å². The lowest BCUT2D eigenvalue weighted by atomic mass is 9.83. The Balaban J connectivity index is 1.81. The van der Waals surface area contributed by atoms with Crippen LogP contribution in [0.15, 0.2) is 18.3 Å². The molecule has 1 N–H and O–H groups in total. The van der Waals surface area contributed by atoms with E-state index in [2.05, 4.69) is 48.1 Å². The number of aromatic nitrogens is 1. The quantitative estimate of drug-likeness (QED) is 0.844. The molecule has 1 fully saturated rings. The number of anilines is 2. The molecule has 1 aromatic heterocycles. The second-order valence-corrected chi connectivity index (χ2v) is 6.08. The number of hydrogen-bond acceptors (Lipinski definition) is 3. The SMILES string of the molecule is CCN(CC)c1ccc(NCC2CCC(C)CC2)cn1. The minimum atomic E-state index is 0.841. The van der Waals surface area contributed by atoms with Gasteiger partial charge in [0.25, 0.3) is 0 Å². The first-order chi connectivity index (χ1) is 9.72. The Labute approximate surface area is 123 Å². The van der Waals surface area contributed by atoms with Gasteiger partial charge in [-0.05, 0) is 50.7 Å². The predicted molar refractivity (Wildman–Crippen MR) is 87.4 cm³/mol. The summed E-state index contributed by atoms with van der Waals surface area (Å²) in [5, 5.41) is 3.55. The van der Waals surface area contributed by atoms with Crippen molar-refractivity contribution in [1.29, 1.82) is 0 Å². The largest absolute Gasteiger partial charge is 0.384 e. The molecule has 0 bridgehead atoms. The van der Waals surface area contributed by atoms with Gasteiger partial charge < -0.3 is 10.2 Å². The minimum absolute atomic E-state index is 0.841. The lowest BCUT2D eigenvalue weighted by Gasteiger charge is -2.26. The highest BCUT2D eigenvalue weighted by molar-refractivity contribution is 5.48. The van der Waals surface area contributed by atoms with Crippen molar-refractivity contribution in [2.45, 2.75) is 46.5 Å². The Morgan fingerprint density at radius 1 is 1.15 bits per heavy atom. The molecular weight excluding hydrogens is 246 g/mol. The average Bonchev–Trinajstić information content (AvgIpc) is 2.49. The second kappa shape index (κ2) is 7.51. The molecule has 0 amide bonds. The molecule has 3 heteroatoms. The maximum absolute atomic E-state index is 4.56. The summed E-state index contributed by atoms with van der Waals surface area (Å²) >= 11 is 0. The average molecular weight is 275 g/mol. The van der Waals surface area contributed by atoms with Gasteiger partial charge in [0.15, 0.2) is 0 Å². The molecule has 0 aliphatic heterocycles. The first kappa shape index (κ1) is 15.1. The monoisotopic (exact) mass is 275 g/mol. The van der Waals surface area contributed by atoms with Crippen molar-refractivity contribution in [1.82, 2.24) is 4.98 Å². The van der Waals surface area contributed by atoms with E-state index in [1.807, 2.05) is 6.20 Å².